The van der Waals surface area contributed by atoms with Crippen LogP contribution in [0.4, 0.5) is 5.00 Å². The number of thiophene rings is 1. The highest BCUT2D eigenvalue weighted by Gasteiger charge is 2.28. The number of hydrogen-bond donors (Lipinski definition) is 4. The number of fused-ring (bicyclic) bond motifs is 1. The van der Waals surface area contributed by atoms with Gasteiger partial charge in [0.25, 0.3) is 11.8 Å². The molecule has 184 valence electrons. The van der Waals surface area contributed by atoms with Crippen LogP contribution in [-0.4, -0.2) is 46.4 Å². The summed E-state index contributed by atoms with van der Waals surface area (Å²) in [6.45, 7) is 5.10. The number of H-pyrrole nitrogens is 1. The van der Waals surface area contributed by atoms with Crippen LogP contribution in [-0.2, 0) is 17.6 Å². The Balaban J connectivity index is 1.37. The molecule has 0 bridgehead atoms. The number of phenolic OH excluding ortho intramolecular Hbond substituents is 1. The summed E-state index contributed by atoms with van der Waals surface area (Å²) in [6, 6.07) is 5.16. The zero-order valence-corrected chi connectivity index (χ0v) is 20.8. The Morgan fingerprint density at radius 1 is 1.14 bits per heavy atom. The van der Waals surface area contributed by atoms with Gasteiger partial charge in [-0.1, -0.05) is 0 Å². The molecule has 1 unspecified atom stereocenters. The summed E-state index contributed by atoms with van der Waals surface area (Å²) in [7, 11) is 0. The van der Waals surface area contributed by atoms with Crippen molar-refractivity contribution in [3.63, 3.8) is 0 Å². The number of rotatable bonds is 6. The quantitative estimate of drug-likeness (QED) is 0.403. The average Bonchev–Trinajstić information content (AvgIpc) is 3.59. The van der Waals surface area contributed by atoms with E-state index in [0.29, 0.717) is 28.4 Å². The molecule has 1 aliphatic carbocycles. The van der Waals surface area contributed by atoms with Crippen LogP contribution >= 0.6 is 11.3 Å². The molecular formula is C26H30N4O4S. The van der Waals surface area contributed by atoms with E-state index in [-0.39, 0.29) is 29.4 Å². The summed E-state index contributed by atoms with van der Waals surface area (Å²) in [6.07, 6.45) is 5.89. The number of anilines is 1. The van der Waals surface area contributed by atoms with Gasteiger partial charge in [-0.25, -0.2) is 0 Å². The van der Waals surface area contributed by atoms with E-state index in [1.807, 2.05) is 19.9 Å². The Morgan fingerprint density at radius 2 is 1.94 bits per heavy atom. The molecule has 1 fully saturated rings. The van der Waals surface area contributed by atoms with Crippen LogP contribution in [0, 0.1) is 13.8 Å². The first-order chi connectivity index (χ1) is 16.9. The van der Waals surface area contributed by atoms with Gasteiger partial charge in [0.15, 0.2) is 0 Å². The van der Waals surface area contributed by atoms with Crippen LogP contribution in [0.15, 0.2) is 18.2 Å². The van der Waals surface area contributed by atoms with Gasteiger partial charge in [-0.05, 0) is 87.3 Å². The number of ether oxygens (including phenoxy) is 1. The fourth-order valence-corrected chi connectivity index (χ4v) is 6.03. The van der Waals surface area contributed by atoms with Crippen LogP contribution in [0.5, 0.6) is 5.75 Å². The Bertz CT molecular complexity index is 1270. The van der Waals surface area contributed by atoms with Gasteiger partial charge >= 0.3 is 0 Å². The Labute approximate surface area is 208 Å². The zero-order chi connectivity index (χ0) is 24.5. The molecule has 2 aliphatic rings. The minimum Gasteiger partial charge on any atom is -0.507 e. The molecule has 35 heavy (non-hydrogen) atoms. The number of aryl methyl sites for hydroxylation is 3. The highest BCUT2D eigenvalue weighted by Crippen LogP contribution is 2.38. The van der Waals surface area contributed by atoms with E-state index in [1.165, 1.54) is 16.2 Å². The Hall–Kier alpha value is -3.17. The number of nitrogens with one attached hydrogen (secondary N) is 3. The number of amides is 2. The Kier molecular flexibility index (Phi) is 6.62. The van der Waals surface area contributed by atoms with Gasteiger partial charge in [0, 0.05) is 23.6 Å². The van der Waals surface area contributed by atoms with Gasteiger partial charge in [-0.2, -0.15) is 5.10 Å². The zero-order valence-electron chi connectivity index (χ0n) is 20.0. The fourth-order valence-electron chi connectivity index (χ4n) is 4.75. The number of aromatic hydroxyl groups is 1. The predicted octanol–water partition coefficient (Wildman–Crippen LogP) is 4.50. The van der Waals surface area contributed by atoms with Crippen molar-refractivity contribution in [2.45, 2.75) is 58.5 Å². The number of phenols is 1. The highest BCUT2D eigenvalue weighted by molar-refractivity contribution is 7.17. The lowest BCUT2D eigenvalue weighted by Crippen LogP contribution is -2.32. The van der Waals surface area contributed by atoms with Crippen molar-refractivity contribution >= 4 is 28.2 Å². The third kappa shape index (κ3) is 4.83. The topological polar surface area (TPSA) is 116 Å². The molecule has 0 radical (unpaired) electrons. The normalized spacial score (nSPS) is 17.3. The third-order valence-electron chi connectivity index (χ3n) is 6.85. The van der Waals surface area contributed by atoms with E-state index < -0.39 is 0 Å². The van der Waals surface area contributed by atoms with Gasteiger partial charge in [-0.15, -0.1) is 11.3 Å². The van der Waals surface area contributed by atoms with Crippen molar-refractivity contribution in [3.05, 3.63) is 51.0 Å². The lowest BCUT2D eigenvalue weighted by molar-refractivity contribution is 0.0858. The summed E-state index contributed by atoms with van der Waals surface area (Å²) in [5.74, 6) is -0.429. The lowest BCUT2D eigenvalue weighted by atomic mass is 9.95. The predicted molar refractivity (Wildman–Crippen MR) is 135 cm³/mol. The molecule has 0 spiro atoms. The summed E-state index contributed by atoms with van der Waals surface area (Å²) in [5, 5.41) is 23.9. The molecule has 5 rings (SSSR count). The van der Waals surface area contributed by atoms with Gasteiger partial charge < -0.3 is 20.5 Å². The summed E-state index contributed by atoms with van der Waals surface area (Å²) >= 11 is 1.48. The lowest BCUT2D eigenvalue weighted by Gasteiger charge is -2.15. The molecule has 2 aromatic heterocycles. The first kappa shape index (κ1) is 23.6. The standard InChI is InChI=1S/C26H30N4O4S/c1-14-10-18(21(31)11-15(14)2)19-12-20(30-29-19)24(32)28-26-23(17-7-3-4-8-22(17)35-26)25(33)27-13-16-6-5-9-34-16/h10-12,16,31H,3-9,13H2,1-2H3,(H,27,33)(H,28,32)(H,29,30). The van der Waals surface area contributed by atoms with Crippen LogP contribution in [0.3, 0.4) is 0 Å². The minimum absolute atomic E-state index is 0.0525. The number of hydrogen-bond acceptors (Lipinski definition) is 6. The monoisotopic (exact) mass is 494 g/mol. The van der Waals surface area contributed by atoms with Gasteiger partial charge in [0.05, 0.1) is 17.4 Å². The highest BCUT2D eigenvalue weighted by atomic mass is 32.1. The maximum Gasteiger partial charge on any atom is 0.274 e. The van der Waals surface area contributed by atoms with Crippen molar-refractivity contribution < 1.29 is 19.4 Å². The smallest absolute Gasteiger partial charge is 0.274 e. The van der Waals surface area contributed by atoms with Crippen molar-refractivity contribution in [2.75, 3.05) is 18.5 Å². The van der Waals surface area contributed by atoms with Crippen LogP contribution in [0.2, 0.25) is 0 Å². The van der Waals surface area contributed by atoms with Crippen LogP contribution in [0.25, 0.3) is 11.3 Å². The summed E-state index contributed by atoms with van der Waals surface area (Å²) in [4.78, 5) is 27.5. The van der Waals surface area contributed by atoms with E-state index in [1.54, 1.807) is 12.1 Å². The first-order valence-electron chi connectivity index (χ1n) is 12.1. The molecule has 3 heterocycles. The number of benzene rings is 1. The molecule has 1 aromatic carbocycles. The van der Waals surface area contributed by atoms with Crippen molar-refractivity contribution in [2.24, 2.45) is 0 Å². The second-order valence-electron chi connectivity index (χ2n) is 9.33. The largest absolute Gasteiger partial charge is 0.507 e. The van der Waals surface area contributed by atoms with E-state index in [0.717, 1.165) is 61.8 Å². The molecular weight excluding hydrogens is 464 g/mol. The van der Waals surface area contributed by atoms with Gasteiger partial charge in [0.1, 0.15) is 16.4 Å². The minimum atomic E-state index is -0.376. The maximum absolute atomic E-state index is 13.2. The van der Waals surface area contributed by atoms with E-state index >= 15 is 0 Å². The van der Waals surface area contributed by atoms with Crippen LogP contribution < -0.4 is 10.6 Å². The number of aromatic nitrogens is 2. The summed E-state index contributed by atoms with van der Waals surface area (Å²) in [5.41, 5.74) is 4.92. The molecule has 9 heteroatoms. The van der Waals surface area contributed by atoms with Crippen molar-refractivity contribution in [3.8, 4) is 17.0 Å². The Morgan fingerprint density at radius 3 is 2.74 bits per heavy atom. The van der Waals surface area contributed by atoms with Gasteiger partial charge in [-0.3, -0.25) is 14.7 Å². The number of nitrogens with zero attached hydrogens (tertiary/aromatic N) is 1. The second kappa shape index (κ2) is 9.83. The molecule has 1 aliphatic heterocycles. The molecule has 0 saturated carbocycles. The molecule has 3 aromatic rings. The third-order valence-corrected chi connectivity index (χ3v) is 8.06. The number of carbonyl (C=O) groups is 2. The van der Waals surface area contributed by atoms with Gasteiger partial charge in [0.2, 0.25) is 0 Å². The number of aromatic amines is 1. The van der Waals surface area contributed by atoms with Crippen LogP contribution in [0.1, 0.15) is 68.1 Å². The molecule has 1 saturated heterocycles. The van der Waals surface area contributed by atoms with E-state index in [9.17, 15) is 14.7 Å². The summed E-state index contributed by atoms with van der Waals surface area (Å²) < 4.78 is 5.64. The van der Waals surface area contributed by atoms with E-state index in [2.05, 4.69) is 20.8 Å². The fraction of sp³-hybridized carbons (Fsp3) is 0.423. The van der Waals surface area contributed by atoms with Crippen molar-refractivity contribution in [1.82, 2.24) is 15.5 Å². The molecule has 4 N–H and O–H groups in total. The van der Waals surface area contributed by atoms with Crippen molar-refractivity contribution in [1.29, 1.82) is 0 Å². The average molecular weight is 495 g/mol. The maximum atomic E-state index is 13.2. The first-order valence-corrected chi connectivity index (χ1v) is 12.9. The molecule has 2 amide bonds. The SMILES string of the molecule is Cc1cc(O)c(-c2cc(C(=O)Nc3sc4c(c3C(=O)NCC3CCCO3)CCCC4)[nH]n2)cc1C. The van der Waals surface area contributed by atoms with E-state index in [4.69, 9.17) is 4.74 Å². The molecule has 8 nitrogen and oxygen atoms in total. The number of carbonyl (C=O) groups excluding carboxylic acids is 2. The second-order valence-corrected chi connectivity index (χ2v) is 10.4. The molecule has 1 atom stereocenters.